The summed E-state index contributed by atoms with van der Waals surface area (Å²) in [5.41, 5.74) is 5.31. The second kappa shape index (κ2) is 3.87. The van der Waals surface area contributed by atoms with Crippen molar-refractivity contribution in [3.8, 4) is 0 Å². The maximum Gasteiger partial charge on any atom is 0.237 e. The van der Waals surface area contributed by atoms with Crippen LogP contribution in [0.3, 0.4) is 0 Å². The minimum Gasteiger partial charge on any atom is -0.447 e. The molecule has 1 amide bonds. The highest BCUT2D eigenvalue weighted by atomic mass is 16.3. The molecule has 3 N–H and O–H groups in total. The molecule has 1 unspecified atom stereocenters. The molecule has 1 atom stereocenters. The summed E-state index contributed by atoms with van der Waals surface area (Å²) < 4.78 is 4.90. The van der Waals surface area contributed by atoms with Crippen LogP contribution in [0.15, 0.2) is 16.9 Å². The normalized spacial score (nSPS) is 12.5. The lowest BCUT2D eigenvalue weighted by Crippen LogP contribution is -2.37. The van der Waals surface area contributed by atoms with E-state index in [1.54, 1.807) is 6.92 Å². The van der Waals surface area contributed by atoms with Gasteiger partial charge in [-0.3, -0.25) is 4.79 Å². The summed E-state index contributed by atoms with van der Waals surface area (Å²) in [5.74, 6) is 0.261. The van der Waals surface area contributed by atoms with Crippen molar-refractivity contribution in [3.63, 3.8) is 0 Å². The Bertz CT molecular complexity index is 243. The van der Waals surface area contributed by atoms with Gasteiger partial charge in [0.15, 0.2) is 0 Å². The first-order chi connectivity index (χ1) is 5.70. The van der Waals surface area contributed by atoms with E-state index in [9.17, 15) is 4.79 Å². The van der Waals surface area contributed by atoms with Crippen LogP contribution in [-0.4, -0.2) is 16.9 Å². The molecule has 0 aromatic carbocycles. The molecule has 1 aromatic heterocycles. The Balaban J connectivity index is 2.32. The van der Waals surface area contributed by atoms with E-state index in [1.807, 2.05) is 0 Å². The van der Waals surface area contributed by atoms with Gasteiger partial charge in [0.25, 0.3) is 0 Å². The second-order valence-electron chi connectivity index (χ2n) is 2.43. The minimum absolute atomic E-state index is 0.215. The highest BCUT2D eigenvalue weighted by Gasteiger charge is 2.07. The zero-order valence-electron chi connectivity index (χ0n) is 6.78. The first kappa shape index (κ1) is 8.73. The quantitative estimate of drug-likeness (QED) is 0.647. The van der Waals surface area contributed by atoms with Gasteiger partial charge in [0.1, 0.15) is 6.26 Å². The number of hydrogen-bond donors (Lipinski definition) is 2. The molecular weight excluding hydrogens is 158 g/mol. The van der Waals surface area contributed by atoms with E-state index in [0.29, 0.717) is 5.89 Å². The number of amides is 1. The number of nitrogens with one attached hydrogen (secondary N) is 1. The fourth-order valence-electron chi connectivity index (χ4n) is 0.664. The fourth-order valence-corrected chi connectivity index (χ4v) is 0.664. The van der Waals surface area contributed by atoms with Gasteiger partial charge in [-0.05, 0) is 6.92 Å². The van der Waals surface area contributed by atoms with Crippen LogP contribution in [-0.2, 0) is 11.3 Å². The SMILES string of the molecule is CC(N)C(=O)NCc1ncco1. The summed E-state index contributed by atoms with van der Waals surface area (Å²) in [6, 6.07) is -0.500. The highest BCUT2D eigenvalue weighted by molar-refractivity contribution is 5.80. The van der Waals surface area contributed by atoms with Gasteiger partial charge in [-0.2, -0.15) is 0 Å². The van der Waals surface area contributed by atoms with Crippen LogP contribution in [0.2, 0.25) is 0 Å². The number of carbonyl (C=O) groups excluding carboxylic acids is 1. The predicted molar refractivity (Wildman–Crippen MR) is 42.0 cm³/mol. The van der Waals surface area contributed by atoms with Crippen molar-refractivity contribution in [2.24, 2.45) is 5.73 Å². The zero-order valence-corrected chi connectivity index (χ0v) is 6.78. The average molecular weight is 169 g/mol. The third-order valence-corrected chi connectivity index (χ3v) is 1.31. The molecule has 0 aliphatic carbocycles. The topological polar surface area (TPSA) is 81.2 Å². The van der Waals surface area contributed by atoms with Crippen molar-refractivity contribution in [2.45, 2.75) is 19.5 Å². The fraction of sp³-hybridized carbons (Fsp3) is 0.429. The second-order valence-corrected chi connectivity index (χ2v) is 2.43. The largest absolute Gasteiger partial charge is 0.447 e. The van der Waals surface area contributed by atoms with E-state index in [4.69, 9.17) is 10.2 Å². The van der Waals surface area contributed by atoms with Crippen molar-refractivity contribution in [2.75, 3.05) is 0 Å². The number of nitrogens with zero attached hydrogens (tertiary/aromatic N) is 1. The maximum atomic E-state index is 10.9. The average Bonchev–Trinajstić information content (AvgIpc) is 2.51. The number of carbonyl (C=O) groups is 1. The molecule has 1 heterocycles. The third kappa shape index (κ3) is 2.35. The predicted octanol–water partition coefficient (Wildman–Crippen LogP) is -0.362. The molecule has 12 heavy (non-hydrogen) atoms. The Hall–Kier alpha value is -1.36. The first-order valence-electron chi connectivity index (χ1n) is 3.62. The van der Waals surface area contributed by atoms with E-state index < -0.39 is 6.04 Å². The van der Waals surface area contributed by atoms with Crippen molar-refractivity contribution in [3.05, 3.63) is 18.4 Å². The van der Waals surface area contributed by atoms with Crippen molar-refractivity contribution >= 4 is 5.91 Å². The van der Waals surface area contributed by atoms with Gasteiger partial charge in [0.05, 0.1) is 18.8 Å². The van der Waals surface area contributed by atoms with Gasteiger partial charge in [-0.25, -0.2) is 4.98 Å². The van der Waals surface area contributed by atoms with Crippen LogP contribution < -0.4 is 11.1 Å². The Kier molecular flexibility index (Phi) is 2.82. The van der Waals surface area contributed by atoms with E-state index >= 15 is 0 Å². The molecule has 66 valence electrons. The lowest BCUT2D eigenvalue weighted by Gasteiger charge is -2.04. The molecule has 5 nitrogen and oxygen atoms in total. The van der Waals surface area contributed by atoms with Crippen molar-refractivity contribution in [1.29, 1.82) is 0 Å². The molecule has 1 aromatic rings. The smallest absolute Gasteiger partial charge is 0.237 e. The molecule has 0 saturated heterocycles. The van der Waals surface area contributed by atoms with Crippen LogP contribution in [0.1, 0.15) is 12.8 Å². The molecule has 0 saturated carbocycles. The number of rotatable bonds is 3. The van der Waals surface area contributed by atoms with Gasteiger partial charge in [-0.1, -0.05) is 0 Å². The lowest BCUT2D eigenvalue weighted by atomic mass is 10.3. The van der Waals surface area contributed by atoms with Crippen molar-refractivity contribution < 1.29 is 9.21 Å². The van der Waals surface area contributed by atoms with Crippen LogP contribution in [0.25, 0.3) is 0 Å². The molecule has 0 fully saturated rings. The molecule has 0 radical (unpaired) electrons. The van der Waals surface area contributed by atoms with Crippen LogP contribution in [0.4, 0.5) is 0 Å². The summed E-state index contributed by atoms with van der Waals surface area (Å²) in [6.07, 6.45) is 2.97. The summed E-state index contributed by atoms with van der Waals surface area (Å²) in [7, 11) is 0. The summed E-state index contributed by atoms with van der Waals surface area (Å²) in [6.45, 7) is 1.90. The molecule has 5 heteroatoms. The first-order valence-corrected chi connectivity index (χ1v) is 3.62. The number of oxazole rings is 1. The van der Waals surface area contributed by atoms with Gasteiger partial charge in [-0.15, -0.1) is 0 Å². The van der Waals surface area contributed by atoms with Crippen LogP contribution in [0.5, 0.6) is 0 Å². The van der Waals surface area contributed by atoms with E-state index in [2.05, 4.69) is 10.3 Å². The minimum atomic E-state index is -0.500. The molecule has 0 bridgehead atoms. The Labute approximate surface area is 70.0 Å². The monoisotopic (exact) mass is 169 g/mol. The molecule has 0 aliphatic heterocycles. The van der Waals surface area contributed by atoms with Gasteiger partial charge >= 0.3 is 0 Å². The summed E-state index contributed by atoms with van der Waals surface area (Å²) in [5, 5.41) is 2.56. The van der Waals surface area contributed by atoms with Gasteiger partial charge in [0, 0.05) is 0 Å². The standard InChI is InChI=1S/C7H11N3O2/c1-5(8)7(11)10-4-6-9-2-3-12-6/h2-3,5H,4,8H2,1H3,(H,10,11). The van der Waals surface area contributed by atoms with E-state index in [0.717, 1.165) is 0 Å². The van der Waals surface area contributed by atoms with E-state index in [1.165, 1.54) is 12.5 Å². The van der Waals surface area contributed by atoms with Crippen LogP contribution >= 0.6 is 0 Å². The lowest BCUT2D eigenvalue weighted by molar-refractivity contribution is -0.122. The van der Waals surface area contributed by atoms with Crippen molar-refractivity contribution in [1.82, 2.24) is 10.3 Å². The van der Waals surface area contributed by atoms with Crippen LogP contribution in [0, 0.1) is 0 Å². The Morgan fingerprint density at radius 1 is 1.92 bits per heavy atom. The summed E-state index contributed by atoms with van der Waals surface area (Å²) >= 11 is 0. The molecule has 0 aliphatic rings. The number of hydrogen-bond acceptors (Lipinski definition) is 4. The molecular formula is C7H11N3O2. The Morgan fingerprint density at radius 2 is 2.67 bits per heavy atom. The number of nitrogens with two attached hydrogens (primary N) is 1. The van der Waals surface area contributed by atoms with E-state index in [-0.39, 0.29) is 12.5 Å². The molecule has 0 spiro atoms. The molecule has 1 rings (SSSR count). The maximum absolute atomic E-state index is 10.9. The highest BCUT2D eigenvalue weighted by Crippen LogP contribution is 1.92. The van der Waals surface area contributed by atoms with Gasteiger partial charge < -0.3 is 15.5 Å². The Morgan fingerprint density at radius 3 is 3.17 bits per heavy atom. The zero-order chi connectivity index (χ0) is 8.97. The summed E-state index contributed by atoms with van der Waals surface area (Å²) in [4.78, 5) is 14.8. The third-order valence-electron chi connectivity index (χ3n) is 1.31. The van der Waals surface area contributed by atoms with Gasteiger partial charge in [0.2, 0.25) is 11.8 Å². The number of aromatic nitrogens is 1.